The van der Waals surface area contributed by atoms with Crippen LogP contribution in [0.3, 0.4) is 0 Å². The van der Waals surface area contributed by atoms with Crippen molar-refractivity contribution in [2.45, 2.75) is 13.0 Å². The number of para-hydroxylation sites is 1. The molecule has 0 spiro atoms. The Labute approximate surface area is 198 Å². The van der Waals surface area contributed by atoms with Gasteiger partial charge in [0.1, 0.15) is 0 Å². The van der Waals surface area contributed by atoms with Crippen molar-refractivity contribution in [2.75, 3.05) is 0 Å². The van der Waals surface area contributed by atoms with E-state index in [0.717, 1.165) is 32.1 Å². The number of rotatable bonds is 6. The molecule has 7 heteroatoms. The summed E-state index contributed by atoms with van der Waals surface area (Å²) in [5.74, 6) is -0.171. The largest absolute Gasteiger partial charge is 0.342 e. The molecule has 156 valence electrons. The third-order valence-electron chi connectivity index (χ3n) is 4.85. The van der Waals surface area contributed by atoms with E-state index in [2.05, 4.69) is 31.0 Å². The van der Waals surface area contributed by atoms with E-state index in [1.807, 2.05) is 66.9 Å². The van der Waals surface area contributed by atoms with Crippen LogP contribution in [-0.2, 0) is 17.8 Å². The molecule has 0 fully saturated rings. The number of amides is 1. The summed E-state index contributed by atoms with van der Waals surface area (Å²) in [6.45, 7) is 0.598. The van der Waals surface area contributed by atoms with Crippen LogP contribution in [0.25, 0.3) is 10.9 Å². The Bertz CT molecular complexity index is 1270. The van der Waals surface area contributed by atoms with Crippen LogP contribution in [0, 0.1) is 0 Å². The first-order chi connectivity index (χ1) is 15.0. The topological polar surface area (TPSA) is 46.4 Å². The van der Waals surface area contributed by atoms with Crippen LogP contribution in [-0.4, -0.2) is 16.7 Å². The van der Waals surface area contributed by atoms with E-state index < -0.39 is 0 Å². The molecule has 0 unspecified atom stereocenters. The second kappa shape index (κ2) is 9.69. The molecule has 4 nitrogen and oxygen atoms in total. The highest BCUT2D eigenvalue weighted by molar-refractivity contribution is 9.10. The third-order valence-corrected chi connectivity index (χ3v) is 5.96. The minimum absolute atomic E-state index is 0.171. The molecule has 0 aliphatic carbocycles. The Hall–Kier alpha value is -2.60. The minimum atomic E-state index is -0.171. The minimum Gasteiger partial charge on any atom is -0.342 e. The Kier molecular flexibility index (Phi) is 6.76. The second-order valence-corrected chi connectivity index (χ2v) is 8.82. The Morgan fingerprint density at radius 1 is 1.06 bits per heavy atom. The van der Waals surface area contributed by atoms with Gasteiger partial charge in [-0.15, -0.1) is 0 Å². The lowest BCUT2D eigenvalue weighted by molar-refractivity contribution is -0.120. The van der Waals surface area contributed by atoms with Crippen LogP contribution in [0.5, 0.6) is 0 Å². The molecule has 0 saturated carbocycles. The summed E-state index contributed by atoms with van der Waals surface area (Å²) >= 11 is 15.8. The van der Waals surface area contributed by atoms with Crippen LogP contribution in [0.1, 0.15) is 16.7 Å². The van der Waals surface area contributed by atoms with Gasteiger partial charge in [0.25, 0.3) is 0 Å². The van der Waals surface area contributed by atoms with Crippen molar-refractivity contribution < 1.29 is 4.79 Å². The molecule has 0 atom stereocenters. The average Bonchev–Trinajstić information content (AvgIpc) is 3.09. The Balaban J connectivity index is 1.51. The molecule has 0 aliphatic heterocycles. The van der Waals surface area contributed by atoms with E-state index in [-0.39, 0.29) is 12.3 Å². The molecule has 1 N–H and O–H groups in total. The van der Waals surface area contributed by atoms with Crippen molar-refractivity contribution in [3.05, 3.63) is 104 Å². The molecule has 4 aromatic rings. The molecule has 1 heterocycles. The van der Waals surface area contributed by atoms with Crippen molar-refractivity contribution in [2.24, 2.45) is 5.10 Å². The van der Waals surface area contributed by atoms with Crippen LogP contribution in [0.15, 0.2) is 82.5 Å². The highest BCUT2D eigenvalue weighted by atomic mass is 79.9. The number of hydrogen-bond acceptors (Lipinski definition) is 2. The summed E-state index contributed by atoms with van der Waals surface area (Å²) in [7, 11) is 0. The number of benzene rings is 3. The molecule has 0 saturated heterocycles. The van der Waals surface area contributed by atoms with Crippen molar-refractivity contribution in [1.82, 2.24) is 9.99 Å². The van der Waals surface area contributed by atoms with Gasteiger partial charge >= 0.3 is 0 Å². The highest BCUT2D eigenvalue weighted by Gasteiger charge is 2.09. The zero-order valence-electron chi connectivity index (χ0n) is 16.4. The first-order valence-electron chi connectivity index (χ1n) is 9.58. The molecule has 1 aromatic heterocycles. The van der Waals surface area contributed by atoms with Gasteiger partial charge in [-0.3, -0.25) is 4.79 Å². The number of fused-ring (bicyclic) bond motifs is 1. The fraction of sp³-hybridized carbons (Fsp3) is 0.0833. The summed E-state index contributed by atoms with van der Waals surface area (Å²) in [5, 5.41) is 6.44. The smallest absolute Gasteiger partial charge is 0.244 e. The zero-order valence-corrected chi connectivity index (χ0v) is 19.5. The number of hydrogen-bond donors (Lipinski definition) is 1. The molecule has 31 heavy (non-hydrogen) atoms. The van der Waals surface area contributed by atoms with Gasteiger partial charge in [0.05, 0.1) is 12.6 Å². The number of hydrazone groups is 1. The molecule has 4 rings (SSSR count). The predicted molar refractivity (Wildman–Crippen MR) is 131 cm³/mol. The van der Waals surface area contributed by atoms with E-state index in [0.29, 0.717) is 16.6 Å². The van der Waals surface area contributed by atoms with Crippen molar-refractivity contribution in [3.8, 4) is 0 Å². The summed E-state index contributed by atoms with van der Waals surface area (Å²) in [6, 6.07) is 21.2. The summed E-state index contributed by atoms with van der Waals surface area (Å²) in [5.41, 5.74) is 6.46. The van der Waals surface area contributed by atoms with Gasteiger partial charge in [-0.25, -0.2) is 5.43 Å². The van der Waals surface area contributed by atoms with Gasteiger partial charge in [0.15, 0.2) is 0 Å². The lowest BCUT2D eigenvalue weighted by Crippen LogP contribution is -2.19. The fourth-order valence-electron chi connectivity index (χ4n) is 3.34. The number of carbonyl (C=O) groups is 1. The SMILES string of the molecule is O=C(Cc1ccc(Br)cc1)N/N=C\c1cn(Cc2ccc(Cl)cc2Cl)c2ccccc12. The monoisotopic (exact) mass is 513 g/mol. The Morgan fingerprint density at radius 3 is 2.61 bits per heavy atom. The average molecular weight is 515 g/mol. The molecule has 0 bridgehead atoms. The number of carbonyl (C=O) groups excluding carboxylic acids is 1. The predicted octanol–water partition coefficient (Wildman–Crippen LogP) is 6.45. The normalized spacial score (nSPS) is 11.3. The number of nitrogens with zero attached hydrogens (tertiary/aromatic N) is 2. The third kappa shape index (κ3) is 5.37. The van der Waals surface area contributed by atoms with Gasteiger partial charge in [-0.05, 0) is 41.5 Å². The van der Waals surface area contributed by atoms with E-state index in [9.17, 15) is 4.79 Å². The van der Waals surface area contributed by atoms with Gasteiger partial charge in [-0.1, -0.05) is 75.5 Å². The quantitative estimate of drug-likeness (QED) is 0.233. The number of nitrogens with one attached hydrogen (secondary N) is 1. The van der Waals surface area contributed by atoms with Gasteiger partial charge in [0, 0.05) is 43.7 Å². The van der Waals surface area contributed by atoms with Crippen LogP contribution < -0.4 is 5.43 Å². The lowest BCUT2D eigenvalue weighted by atomic mass is 10.1. The second-order valence-electron chi connectivity index (χ2n) is 7.06. The highest BCUT2D eigenvalue weighted by Crippen LogP contribution is 2.25. The van der Waals surface area contributed by atoms with Crippen LogP contribution >= 0.6 is 39.1 Å². The maximum absolute atomic E-state index is 12.2. The summed E-state index contributed by atoms with van der Waals surface area (Å²) in [4.78, 5) is 12.2. The summed E-state index contributed by atoms with van der Waals surface area (Å²) in [6.07, 6.45) is 3.93. The van der Waals surface area contributed by atoms with Gasteiger partial charge in [0.2, 0.25) is 5.91 Å². The lowest BCUT2D eigenvalue weighted by Gasteiger charge is -2.08. The number of aromatic nitrogens is 1. The maximum atomic E-state index is 12.2. The van der Waals surface area contributed by atoms with E-state index in [4.69, 9.17) is 23.2 Å². The number of halogens is 3. The van der Waals surface area contributed by atoms with Crippen molar-refractivity contribution in [3.63, 3.8) is 0 Å². The molecular formula is C24H18BrCl2N3O. The first-order valence-corrected chi connectivity index (χ1v) is 11.1. The molecule has 0 aliphatic rings. The van der Waals surface area contributed by atoms with E-state index >= 15 is 0 Å². The van der Waals surface area contributed by atoms with E-state index in [1.165, 1.54) is 0 Å². The van der Waals surface area contributed by atoms with Crippen molar-refractivity contribution in [1.29, 1.82) is 0 Å². The Morgan fingerprint density at radius 2 is 1.84 bits per heavy atom. The zero-order chi connectivity index (χ0) is 21.8. The standard InChI is InChI=1S/C24H18BrCl2N3O/c25-19-8-5-16(6-9-19)11-24(31)29-28-13-18-15-30(23-4-2-1-3-21(18)23)14-17-7-10-20(26)12-22(17)27/h1-10,12-13,15H,11,14H2,(H,29,31)/b28-13-. The van der Waals surface area contributed by atoms with Gasteiger partial charge in [-0.2, -0.15) is 5.10 Å². The molecular weight excluding hydrogens is 497 g/mol. The first kappa shape index (κ1) is 21.6. The molecule has 3 aromatic carbocycles. The van der Waals surface area contributed by atoms with Crippen LogP contribution in [0.2, 0.25) is 10.0 Å². The molecule has 1 amide bonds. The van der Waals surface area contributed by atoms with Crippen molar-refractivity contribution >= 4 is 62.2 Å². The molecule has 0 radical (unpaired) electrons. The van der Waals surface area contributed by atoms with Gasteiger partial charge < -0.3 is 4.57 Å². The van der Waals surface area contributed by atoms with Crippen LogP contribution in [0.4, 0.5) is 0 Å². The maximum Gasteiger partial charge on any atom is 0.244 e. The fourth-order valence-corrected chi connectivity index (χ4v) is 4.08. The van der Waals surface area contributed by atoms with E-state index in [1.54, 1.807) is 12.3 Å². The summed E-state index contributed by atoms with van der Waals surface area (Å²) < 4.78 is 3.08.